The number of carbonyl (C=O) groups excluding carboxylic acids is 1. The molecule has 0 radical (unpaired) electrons. The zero-order valence-corrected chi connectivity index (χ0v) is 6.90. The van der Waals surface area contributed by atoms with Gasteiger partial charge in [0.15, 0.2) is 0 Å². The summed E-state index contributed by atoms with van der Waals surface area (Å²) >= 11 is 0. The van der Waals surface area contributed by atoms with Crippen LogP contribution >= 0.6 is 0 Å². The molecule has 0 atom stereocenters. The van der Waals surface area contributed by atoms with E-state index >= 15 is 0 Å². The van der Waals surface area contributed by atoms with E-state index in [9.17, 15) is 4.79 Å². The van der Waals surface area contributed by atoms with Crippen LogP contribution in [0.5, 0.6) is 0 Å². The largest absolute Gasteiger partial charge is 0.353 e. The van der Waals surface area contributed by atoms with Crippen LogP contribution in [0.3, 0.4) is 0 Å². The Kier molecular flexibility index (Phi) is 1.50. The summed E-state index contributed by atoms with van der Waals surface area (Å²) in [7, 11) is 0. The monoisotopic (exact) mass is 141 g/mol. The van der Waals surface area contributed by atoms with Crippen molar-refractivity contribution in [2.45, 2.75) is 39.2 Å². The van der Waals surface area contributed by atoms with Gasteiger partial charge in [0.05, 0.1) is 0 Å². The zero-order chi connectivity index (χ0) is 7.83. The van der Waals surface area contributed by atoms with Crippen molar-refractivity contribution in [2.24, 2.45) is 5.41 Å². The lowest BCUT2D eigenvalue weighted by Crippen LogP contribution is -2.41. The number of amides is 1. The number of hydrogen-bond donors (Lipinski definition) is 1. The molecule has 1 amide bonds. The van der Waals surface area contributed by atoms with E-state index in [0.29, 0.717) is 0 Å². The Morgan fingerprint density at radius 1 is 1.40 bits per heavy atom. The van der Waals surface area contributed by atoms with Crippen LogP contribution in [0.15, 0.2) is 0 Å². The highest BCUT2D eigenvalue weighted by Crippen LogP contribution is 2.49. The third-order valence-electron chi connectivity index (χ3n) is 2.52. The molecule has 0 spiro atoms. The number of nitrogens with one attached hydrogen (secondary N) is 1. The van der Waals surface area contributed by atoms with Gasteiger partial charge in [-0.1, -0.05) is 20.8 Å². The first-order valence-electron chi connectivity index (χ1n) is 3.73. The first-order chi connectivity index (χ1) is 4.52. The van der Waals surface area contributed by atoms with Gasteiger partial charge in [-0.3, -0.25) is 4.79 Å². The summed E-state index contributed by atoms with van der Waals surface area (Å²) in [6.45, 7) is 6.49. The molecule has 0 aromatic heterocycles. The number of carbonyl (C=O) groups is 1. The van der Waals surface area contributed by atoms with Crippen molar-refractivity contribution in [1.29, 1.82) is 0 Å². The van der Waals surface area contributed by atoms with Crippen LogP contribution in [-0.4, -0.2) is 11.9 Å². The van der Waals surface area contributed by atoms with Crippen molar-refractivity contribution in [3.05, 3.63) is 0 Å². The van der Waals surface area contributed by atoms with Crippen LogP contribution in [0, 0.1) is 5.41 Å². The second-order valence-electron chi connectivity index (χ2n) is 4.09. The van der Waals surface area contributed by atoms with E-state index in [1.165, 1.54) is 0 Å². The molecule has 0 aliphatic heterocycles. The normalized spacial score (nSPS) is 21.9. The molecule has 10 heavy (non-hydrogen) atoms. The molecule has 0 bridgehead atoms. The van der Waals surface area contributed by atoms with Gasteiger partial charge in [-0.15, -0.1) is 0 Å². The van der Waals surface area contributed by atoms with E-state index in [2.05, 4.69) is 26.1 Å². The lowest BCUT2D eigenvalue weighted by atomic mass is 9.84. The molecule has 1 saturated carbocycles. The first kappa shape index (κ1) is 7.58. The molecule has 1 aliphatic carbocycles. The first-order valence-corrected chi connectivity index (χ1v) is 3.73. The minimum atomic E-state index is 0.120. The predicted molar refractivity (Wildman–Crippen MR) is 40.6 cm³/mol. The van der Waals surface area contributed by atoms with Crippen molar-refractivity contribution in [2.75, 3.05) is 0 Å². The maximum Gasteiger partial charge on any atom is 0.207 e. The second kappa shape index (κ2) is 1.97. The van der Waals surface area contributed by atoms with Crippen molar-refractivity contribution >= 4 is 6.41 Å². The molecule has 0 saturated heterocycles. The molecule has 2 nitrogen and oxygen atoms in total. The van der Waals surface area contributed by atoms with Crippen LogP contribution in [0.2, 0.25) is 0 Å². The maximum atomic E-state index is 10.2. The van der Waals surface area contributed by atoms with Crippen LogP contribution in [-0.2, 0) is 4.79 Å². The highest BCUT2D eigenvalue weighted by Gasteiger charge is 2.51. The lowest BCUT2D eigenvalue weighted by molar-refractivity contribution is -0.111. The number of hydrogen-bond acceptors (Lipinski definition) is 1. The van der Waals surface area contributed by atoms with Crippen molar-refractivity contribution in [3.63, 3.8) is 0 Å². The summed E-state index contributed by atoms with van der Waals surface area (Å²) in [5, 5.41) is 2.89. The van der Waals surface area contributed by atoms with Gasteiger partial charge in [0, 0.05) is 5.54 Å². The minimum Gasteiger partial charge on any atom is -0.353 e. The highest BCUT2D eigenvalue weighted by atomic mass is 16.1. The summed E-state index contributed by atoms with van der Waals surface area (Å²) in [6.07, 6.45) is 3.09. The standard InChI is InChI=1S/C8H15NO/c1-7(2,3)8(4-5-8)9-6-10/h6H,4-5H2,1-3H3,(H,9,10). The maximum absolute atomic E-state index is 10.2. The Bertz CT molecular complexity index is 142. The fraction of sp³-hybridized carbons (Fsp3) is 0.875. The Morgan fingerprint density at radius 2 is 1.90 bits per heavy atom. The second-order valence-corrected chi connectivity index (χ2v) is 4.09. The fourth-order valence-electron chi connectivity index (χ4n) is 1.35. The van der Waals surface area contributed by atoms with Gasteiger partial charge in [0.2, 0.25) is 6.41 Å². The Hall–Kier alpha value is -0.530. The van der Waals surface area contributed by atoms with Crippen molar-refractivity contribution < 1.29 is 4.79 Å². The molecular formula is C8H15NO. The van der Waals surface area contributed by atoms with Crippen LogP contribution < -0.4 is 5.32 Å². The smallest absolute Gasteiger partial charge is 0.207 e. The molecule has 1 aliphatic rings. The lowest BCUT2D eigenvalue weighted by Gasteiger charge is -2.30. The van der Waals surface area contributed by atoms with Crippen molar-refractivity contribution in [1.82, 2.24) is 5.32 Å². The van der Waals surface area contributed by atoms with Crippen LogP contribution in [0.4, 0.5) is 0 Å². The third kappa shape index (κ3) is 1.02. The molecule has 1 rings (SSSR count). The predicted octanol–water partition coefficient (Wildman–Crippen LogP) is 1.31. The number of rotatable bonds is 2. The quantitative estimate of drug-likeness (QED) is 0.577. The summed E-state index contributed by atoms with van der Waals surface area (Å²) in [5.41, 5.74) is 0.336. The van der Waals surface area contributed by atoms with Crippen LogP contribution in [0.25, 0.3) is 0 Å². The molecule has 1 N–H and O–H groups in total. The Balaban J connectivity index is 2.60. The van der Waals surface area contributed by atoms with Gasteiger partial charge < -0.3 is 5.32 Å². The summed E-state index contributed by atoms with van der Waals surface area (Å²) in [5.74, 6) is 0. The molecule has 1 fully saturated rings. The van der Waals surface area contributed by atoms with Gasteiger partial charge in [-0.05, 0) is 18.3 Å². The molecule has 2 heteroatoms. The van der Waals surface area contributed by atoms with E-state index in [1.54, 1.807) is 0 Å². The fourth-order valence-corrected chi connectivity index (χ4v) is 1.35. The van der Waals surface area contributed by atoms with Gasteiger partial charge in [0.1, 0.15) is 0 Å². The Morgan fingerprint density at radius 3 is 2.00 bits per heavy atom. The van der Waals surface area contributed by atoms with Gasteiger partial charge in [-0.25, -0.2) is 0 Å². The Labute approximate surface area is 62.0 Å². The van der Waals surface area contributed by atoms with Crippen molar-refractivity contribution in [3.8, 4) is 0 Å². The van der Waals surface area contributed by atoms with Crippen LogP contribution in [0.1, 0.15) is 33.6 Å². The average molecular weight is 141 g/mol. The molecule has 58 valence electrons. The van der Waals surface area contributed by atoms with Gasteiger partial charge in [0.25, 0.3) is 0 Å². The third-order valence-corrected chi connectivity index (χ3v) is 2.52. The summed E-state index contributed by atoms with van der Waals surface area (Å²) in [4.78, 5) is 10.2. The molecule has 0 heterocycles. The van der Waals surface area contributed by atoms with Gasteiger partial charge >= 0.3 is 0 Å². The van der Waals surface area contributed by atoms with E-state index in [1.807, 2.05) is 0 Å². The zero-order valence-electron chi connectivity index (χ0n) is 6.90. The minimum absolute atomic E-state index is 0.120. The highest BCUT2D eigenvalue weighted by molar-refractivity contribution is 5.50. The molecule has 0 aromatic rings. The van der Waals surface area contributed by atoms with Gasteiger partial charge in [-0.2, -0.15) is 0 Å². The summed E-state index contributed by atoms with van der Waals surface area (Å²) in [6, 6.07) is 0. The molecule has 0 aromatic carbocycles. The topological polar surface area (TPSA) is 29.1 Å². The van der Waals surface area contributed by atoms with E-state index in [4.69, 9.17) is 0 Å². The molecule has 0 unspecified atom stereocenters. The summed E-state index contributed by atoms with van der Waals surface area (Å²) < 4.78 is 0. The van der Waals surface area contributed by atoms with E-state index < -0.39 is 0 Å². The average Bonchev–Trinajstić information content (AvgIpc) is 2.45. The SMILES string of the molecule is CC(C)(C)C1(NC=O)CC1. The van der Waals surface area contributed by atoms with E-state index in [-0.39, 0.29) is 11.0 Å². The van der Waals surface area contributed by atoms with E-state index in [0.717, 1.165) is 19.3 Å². The molecular weight excluding hydrogens is 126 g/mol.